The van der Waals surface area contributed by atoms with E-state index in [1.165, 1.54) is 0 Å². The number of hydrogen-bond acceptors (Lipinski definition) is 6. The van der Waals surface area contributed by atoms with Crippen LogP contribution in [0.15, 0.2) is 18.3 Å². The summed E-state index contributed by atoms with van der Waals surface area (Å²) in [5, 5.41) is 2.89. The molecule has 7 heteroatoms. The van der Waals surface area contributed by atoms with Crippen LogP contribution < -0.4 is 19.5 Å². The first-order chi connectivity index (χ1) is 12.1. The van der Waals surface area contributed by atoms with Crippen LogP contribution in [0.5, 0.6) is 17.2 Å². The van der Waals surface area contributed by atoms with Crippen molar-refractivity contribution in [3.63, 3.8) is 0 Å². The zero-order valence-corrected chi connectivity index (χ0v) is 14.8. The summed E-state index contributed by atoms with van der Waals surface area (Å²) in [5.74, 6) is 1.95. The highest BCUT2D eigenvalue weighted by Crippen LogP contribution is 2.50. The third kappa shape index (κ3) is 2.97. The number of anilines is 1. The lowest BCUT2D eigenvalue weighted by molar-refractivity contribution is -0.116. The van der Waals surface area contributed by atoms with Crippen molar-refractivity contribution in [3.05, 3.63) is 35.4 Å². The van der Waals surface area contributed by atoms with Gasteiger partial charge < -0.3 is 19.5 Å². The number of amides is 1. The van der Waals surface area contributed by atoms with Gasteiger partial charge in [0, 0.05) is 36.6 Å². The van der Waals surface area contributed by atoms with Gasteiger partial charge in [-0.15, -0.1) is 0 Å². The molecule has 0 saturated heterocycles. The summed E-state index contributed by atoms with van der Waals surface area (Å²) >= 11 is 0. The summed E-state index contributed by atoms with van der Waals surface area (Å²) in [6.45, 7) is 2.00. The molecule has 132 valence electrons. The van der Waals surface area contributed by atoms with Crippen molar-refractivity contribution in [1.82, 2.24) is 9.97 Å². The topological polar surface area (TPSA) is 82.6 Å². The van der Waals surface area contributed by atoms with Crippen molar-refractivity contribution in [2.75, 3.05) is 26.6 Å². The number of nitrogens with one attached hydrogen (secondary N) is 1. The van der Waals surface area contributed by atoms with E-state index in [4.69, 9.17) is 14.2 Å². The molecule has 0 spiro atoms. The van der Waals surface area contributed by atoms with Gasteiger partial charge in [-0.05, 0) is 6.07 Å². The molecule has 3 rings (SSSR count). The van der Waals surface area contributed by atoms with Crippen LogP contribution in [0.1, 0.15) is 36.3 Å². The second kappa shape index (κ2) is 6.96. The van der Waals surface area contributed by atoms with Gasteiger partial charge in [-0.3, -0.25) is 4.79 Å². The fourth-order valence-corrected chi connectivity index (χ4v) is 3.15. The first kappa shape index (κ1) is 17.0. The Balaban J connectivity index is 2.23. The first-order valence-corrected chi connectivity index (χ1v) is 8.07. The number of nitrogens with zero attached hydrogens (tertiary/aromatic N) is 2. The van der Waals surface area contributed by atoms with Gasteiger partial charge in [-0.25, -0.2) is 9.97 Å². The molecule has 25 heavy (non-hydrogen) atoms. The molecule has 0 bridgehead atoms. The van der Waals surface area contributed by atoms with Gasteiger partial charge in [-0.1, -0.05) is 6.92 Å². The molecular weight excluding hydrogens is 322 g/mol. The smallest absolute Gasteiger partial charge is 0.225 e. The van der Waals surface area contributed by atoms with Crippen molar-refractivity contribution in [1.29, 1.82) is 0 Å². The maximum atomic E-state index is 12.3. The summed E-state index contributed by atoms with van der Waals surface area (Å²) in [7, 11) is 4.68. The Labute approximate surface area is 146 Å². The molecule has 1 amide bonds. The highest BCUT2D eigenvalue weighted by molar-refractivity contribution is 5.97. The molecule has 1 unspecified atom stereocenters. The highest BCUT2D eigenvalue weighted by Gasteiger charge is 2.34. The fourth-order valence-electron chi connectivity index (χ4n) is 3.15. The minimum Gasteiger partial charge on any atom is -0.493 e. The Kier molecular flexibility index (Phi) is 4.74. The number of ether oxygens (including phenoxy) is 3. The van der Waals surface area contributed by atoms with E-state index in [0.717, 1.165) is 23.5 Å². The molecule has 0 aliphatic carbocycles. The number of rotatable bonds is 5. The van der Waals surface area contributed by atoms with Crippen LogP contribution in [0.4, 0.5) is 5.69 Å². The number of carbonyl (C=O) groups is 1. The van der Waals surface area contributed by atoms with Crippen LogP contribution in [0.25, 0.3) is 0 Å². The number of aromatic nitrogens is 2. The molecule has 0 saturated carbocycles. The molecule has 1 aromatic heterocycles. The first-order valence-electron chi connectivity index (χ1n) is 8.07. The summed E-state index contributed by atoms with van der Waals surface area (Å²) in [6.07, 6.45) is 2.72. The van der Waals surface area contributed by atoms with Gasteiger partial charge in [0.2, 0.25) is 11.7 Å². The van der Waals surface area contributed by atoms with Crippen molar-refractivity contribution < 1.29 is 19.0 Å². The summed E-state index contributed by atoms with van der Waals surface area (Å²) in [6, 6.07) is 3.59. The Hall–Kier alpha value is -2.83. The third-order valence-electron chi connectivity index (χ3n) is 4.28. The monoisotopic (exact) mass is 343 g/mol. The zero-order valence-electron chi connectivity index (χ0n) is 14.8. The van der Waals surface area contributed by atoms with E-state index in [9.17, 15) is 4.79 Å². The molecule has 2 aromatic rings. The molecular formula is C18H21N3O4. The average Bonchev–Trinajstić information content (AvgIpc) is 2.65. The predicted octanol–water partition coefficient (Wildman–Crippen LogP) is 2.54. The van der Waals surface area contributed by atoms with Gasteiger partial charge in [0.05, 0.1) is 32.7 Å². The van der Waals surface area contributed by atoms with Crippen LogP contribution in [-0.4, -0.2) is 37.2 Å². The minimum atomic E-state index is -0.244. The molecule has 1 aliphatic heterocycles. The van der Waals surface area contributed by atoms with E-state index >= 15 is 0 Å². The van der Waals surface area contributed by atoms with E-state index in [1.807, 2.05) is 13.0 Å². The average molecular weight is 343 g/mol. The van der Waals surface area contributed by atoms with Gasteiger partial charge in [0.15, 0.2) is 11.5 Å². The molecule has 7 nitrogen and oxygen atoms in total. The normalized spacial score (nSPS) is 16.0. The van der Waals surface area contributed by atoms with Crippen molar-refractivity contribution >= 4 is 11.6 Å². The molecule has 2 heterocycles. The van der Waals surface area contributed by atoms with Crippen LogP contribution in [0, 0.1) is 0 Å². The van der Waals surface area contributed by atoms with E-state index in [1.54, 1.807) is 33.6 Å². The quantitative estimate of drug-likeness (QED) is 0.898. The van der Waals surface area contributed by atoms with E-state index in [0.29, 0.717) is 22.9 Å². The Bertz CT molecular complexity index is 807. The van der Waals surface area contributed by atoms with E-state index < -0.39 is 0 Å². The number of carbonyl (C=O) groups excluding carboxylic acids is 1. The van der Waals surface area contributed by atoms with Gasteiger partial charge in [0.1, 0.15) is 5.82 Å². The predicted molar refractivity (Wildman–Crippen MR) is 92.6 cm³/mol. The largest absolute Gasteiger partial charge is 0.493 e. The lowest BCUT2D eigenvalue weighted by Crippen LogP contribution is -2.25. The highest BCUT2D eigenvalue weighted by atomic mass is 16.5. The van der Waals surface area contributed by atoms with Crippen molar-refractivity contribution in [2.45, 2.75) is 25.7 Å². The fraction of sp³-hybridized carbons (Fsp3) is 0.389. The third-order valence-corrected chi connectivity index (χ3v) is 4.28. The van der Waals surface area contributed by atoms with Gasteiger partial charge in [0.25, 0.3) is 0 Å². The summed E-state index contributed by atoms with van der Waals surface area (Å²) in [5.41, 5.74) is 2.27. The van der Waals surface area contributed by atoms with Crippen LogP contribution in [-0.2, 0) is 11.2 Å². The number of hydrogen-bond donors (Lipinski definition) is 1. The lowest BCUT2D eigenvalue weighted by atomic mass is 9.86. The molecule has 0 radical (unpaired) electrons. The second-order valence-electron chi connectivity index (χ2n) is 5.66. The maximum Gasteiger partial charge on any atom is 0.225 e. The molecule has 1 atom stereocenters. The van der Waals surface area contributed by atoms with Crippen LogP contribution in [0.3, 0.4) is 0 Å². The number of benzene rings is 1. The Morgan fingerprint density at radius 2 is 1.96 bits per heavy atom. The van der Waals surface area contributed by atoms with Gasteiger partial charge in [-0.2, -0.15) is 0 Å². The zero-order chi connectivity index (χ0) is 18.0. The molecule has 1 aromatic carbocycles. The second-order valence-corrected chi connectivity index (χ2v) is 5.66. The van der Waals surface area contributed by atoms with Crippen LogP contribution >= 0.6 is 0 Å². The van der Waals surface area contributed by atoms with E-state index in [2.05, 4.69) is 15.3 Å². The molecule has 0 fully saturated rings. The standard InChI is InChI=1S/C18H21N3O4/c1-5-14-19-7-6-11(20-14)10-8-15(22)21-12-9-13(23-2)17(24-3)18(25-4)16(10)12/h6-7,9-10H,5,8H2,1-4H3,(H,21,22). The number of aryl methyl sites for hydroxylation is 1. The van der Waals surface area contributed by atoms with Gasteiger partial charge >= 0.3 is 0 Å². The maximum absolute atomic E-state index is 12.3. The Morgan fingerprint density at radius 1 is 1.20 bits per heavy atom. The minimum absolute atomic E-state index is 0.0802. The molecule has 1 N–H and O–H groups in total. The number of methoxy groups -OCH3 is 3. The van der Waals surface area contributed by atoms with Crippen molar-refractivity contribution in [3.8, 4) is 17.2 Å². The van der Waals surface area contributed by atoms with Crippen LogP contribution in [0.2, 0.25) is 0 Å². The number of fused-ring (bicyclic) bond motifs is 1. The Morgan fingerprint density at radius 3 is 2.60 bits per heavy atom. The van der Waals surface area contributed by atoms with Crippen molar-refractivity contribution in [2.24, 2.45) is 0 Å². The lowest BCUT2D eigenvalue weighted by Gasteiger charge is -2.29. The molecule has 1 aliphatic rings. The summed E-state index contributed by atoms with van der Waals surface area (Å²) in [4.78, 5) is 21.1. The SMILES string of the molecule is CCc1nccc(C2CC(=O)Nc3cc(OC)c(OC)c(OC)c32)n1. The summed E-state index contributed by atoms with van der Waals surface area (Å²) < 4.78 is 16.5. The van der Waals surface area contributed by atoms with E-state index in [-0.39, 0.29) is 18.2 Å².